The molecule has 1 unspecified atom stereocenters. The molecule has 0 aliphatic heterocycles. The minimum Gasteiger partial charge on any atom is -0.352 e. The van der Waals surface area contributed by atoms with Crippen molar-refractivity contribution in [3.05, 3.63) is 74.2 Å². The Kier molecular flexibility index (Phi) is 7.20. The fourth-order valence-corrected chi connectivity index (χ4v) is 3.20. The first-order valence-corrected chi connectivity index (χ1v) is 8.93. The van der Waals surface area contributed by atoms with Gasteiger partial charge in [0.2, 0.25) is 5.91 Å². The standard InChI is InChI=1S/C19H15Cl3F3NO/c1-11(27)26-10-13-4-2-12(6-18(13)22)3-5-17(19(23,24)25)14-7-15(20)9-16(21)8-14/h2-9,17H,10H2,1H3,(H,26,27)/b5-3+. The van der Waals surface area contributed by atoms with E-state index >= 15 is 0 Å². The van der Waals surface area contributed by atoms with E-state index in [1.54, 1.807) is 12.1 Å². The monoisotopic (exact) mass is 435 g/mol. The van der Waals surface area contributed by atoms with Crippen molar-refractivity contribution in [2.24, 2.45) is 0 Å². The molecule has 27 heavy (non-hydrogen) atoms. The maximum atomic E-state index is 13.5. The van der Waals surface area contributed by atoms with Crippen LogP contribution in [-0.2, 0) is 11.3 Å². The van der Waals surface area contributed by atoms with Gasteiger partial charge in [-0.15, -0.1) is 0 Å². The van der Waals surface area contributed by atoms with Gasteiger partial charge >= 0.3 is 6.18 Å². The average molecular weight is 437 g/mol. The Morgan fingerprint density at radius 2 is 1.74 bits per heavy atom. The van der Waals surface area contributed by atoms with E-state index in [0.717, 1.165) is 6.08 Å². The summed E-state index contributed by atoms with van der Waals surface area (Å²) >= 11 is 17.8. The second-order valence-corrected chi connectivity index (χ2v) is 7.12. The van der Waals surface area contributed by atoms with Crippen molar-refractivity contribution < 1.29 is 18.0 Å². The molecule has 2 rings (SSSR count). The maximum Gasteiger partial charge on any atom is 0.399 e. The quantitative estimate of drug-likeness (QED) is 0.559. The summed E-state index contributed by atoms with van der Waals surface area (Å²) in [5.41, 5.74) is 1.11. The van der Waals surface area contributed by atoms with E-state index in [0.29, 0.717) is 16.1 Å². The number of benzene rings is 2. The van der Waals surface area contributed by atoms with Crippen LogP contribution in [0.25, 0.3) is 6.08 Å². The molecule has 0 saturated carbocycles. The number of nitrogens with one attached hydrogen (secondary N) is 1. The number of alkyl halides is 3. The summed E-state index contributed by atoms with van der Waals surface area (Å²) in [5.74, 6) is -2.07. The molecule has 1 atom stereocenters. The fraction of sp³-hybridized carbons (Fsp3) is 0.211. The average Bonchev–Trinajstić information content (AvgIpc) is 2.51. The largest absolute Gasteiger partial charge is 0.399 e. The van der Waals surface area contributed by atoms with Gasteiger partial charge in [0.25, 0.3) is 0 Å². The van der Waals surface area contributed by atoms with E-state index in [9.17, 15) is 18.0 Å². The molecule has 0 aliphatic carbocycles. The van der Waals surface area contributed by atoms with Crippen molar-refractivity contribution >= 4 is 46.8 Å². The number of allylic oxidation sites excluding steroid dienone is 1. The molecule has 1 amide bonds. The van der Waals surface area contributed by atoms with E-state index in [1.165, 1.54) is 37.3 Å². The highest BCUT2D eigenvalue weighted by Crippen LogP contribution is 2.38. The third-order valence-electron chi connectivity index (χ3n) is 3.68. The Labute approximate surface area is 169 Å². The highest BCUT2D eigenvalue weighted by molar-refractivity contribution is 6.34. The van der Waals surface area contributed by atoms with E-state index in [2.05, 4.69) is 5.32 Å². The minimum absolute atomic E-state index is 0.0513. The Hall–Kier alpha value is -1.69. The second kappa shape index (κ2) is 9.00. The first kappa shape index (κ1) is 21.6. The molecule has 0 fully saturated rings. The number of halogens is 6. The van der Waals surface area contributed by atoms with Crippen LogP contribution in [0.1, 0.15) is 29.5 Å². The Bertz CT molecular complexity index is 846. The molecule has 144 valence electrons. The third-order valence-corrected chi connectivity index (χ3v) is 4.47. The van der Waals surface area contributed by atoms with Gasteiger partial charge in [-0.25, -0.2) is 0 Å². The number of amides is 1. The van der Waals surface area contributed by atoms with Gasteiger partial charge in [-0.05, 0) is 41.0 Å². The SMILES string of the molecule is CC(=O)NCc1ccc(/C=C/C(c2cc(Cl)cc(Cl)c2)C(F)(F)F)cc1Cl. The molecule has 0 saturated heterocycles. The second-order valence-electron chi connectivity index (χ2n) is 5.84. The van der Waals surface area contributed by atoms with Crippen LogP contribution in [-0.4, -0.2) is 12.1 Å². The van der Waals surface area contributed by atoms with Crippen molar-refractivity contribution in [1.29, 1.82) is 0 Å². The molecule has 0 aromatic heterocycles. The van der Waals surface area contributed by atoms with Gasteiger partial charge in [-0.1, -0.05) is 59.1 Å². The van der Waals surface area contributed by atoms with Crippen LogP contribution in [0, 0.1) is 0 Å². The first-order chi connectivity index (χ1) is 12.6. The molecule has 2 aromatic rings. The van der Waals surface area contributed by atoms with Crippen LogP contribution in [0.2, 0.25) is 15.1 Å². The minimum atomic E-state index is -4.51. The molecule has 0 spiro atoms. The smallest absolute Gasteiger partial charge is 0.352 e. The van der Waals surface area contributed by atoms with Crippen molar-refractivity contribution in [2.75, 3.05) is 0 Å². The normalized spacial score (nSPS) is 13.0. The van der Waals surface area contributed by atoms with Gasteiger partial charge in [0.1, 0.15) is 0 Å². The third kappa shape index (κ3) is 6.45. The Morgan fingerprint density at radius 3 is 2.26 bits per heavy atom. The fourth-order valence-electron chi connectivity index (χ4n) is 2.40. The van der Waals surface area contributed by atoms with Crippen LogP contribution in [0.15, 0.2) is 42.5 Å². The molecular weight excluding hydrogens is 422 g/mol. The highest BCUT2D eigenvalue weighted by Gasteiger charge is 2.39. The predicted molar refractivity (Wildman–Crippen MR) is 103 cm³/mol. The number of hydrogen-bond acceptors (Lipinski definition) is 1. The lowest BCUT2D eigenvalue weighted by atomic mass is 9.97. The number of hydrogen-bond donors (Lipinski definition) is 1. The number of rotatable bonds is 5. The van der Waals surface area contributed by atoms with Gasteiger partial charge in [-0.3, -0.25) is 4.79 Å². The van der Waals surface area contributed by atoms with Crippen molar-refractivity contribution in [3.8, 4) is 0 Å². The lowest BCUT2D eigenvalue weighted by Crippen LogP contribution is -2.19. The van der Waals surface area contributed by atoms with Crippen LogP contribution in [0.4, 0.5) is 13.2 Å². The highest BCUT2D eigenvalue weighted by atomic mass is 35.5. The molecule has 2 nitrogen and oxygen atoms in total. The van der Waals surface area contributed by atoms with Gasteiger partial charge in [0, 0.05) is 28.5 Å². The van der Waals surface area contributed by atoms with Gasteiger partial charge in [0.15, 0.2) is 0 Å². The lowest BCUT2D eigenvalue weighted by molar-refractivity contribution is -0.139. The van der Waals surface area contributed by atoms with Crippen molar-refractivity contribution in [1.82, 2.24) is 5.32 Å². The maximum absolute atomic E-state index is 13.5. The summed E-state index contributed by atoms with van der Waals surface area (Å²) in [6.45, 7) is 1.62. The molecule has 2 aromatic carbocycles. The van der Waals surface area contributed by atoms with Crippen molar-refractivity contribution in [3.63, 3.8) is 0 Å². The summed E-state index contributed by atoms with van der Waals surface area (Å²) in [4.78, 5) is 11.0. The van der Waals surface area contributed by atoms with Crippen LogP contribution >= 0.6 is 34.8 Å². The zero-order valence-electron chi connectivity index (χ0n) is 14.1. The van der Waals surface area contributed by atoms with Gasteiger partial charge in [0.05, 0.1) is 5.92 Å². The van der Waals surface area contributed by atoms with E-state index in [1.807, 2.05) is 0 Å². The van der Waals surface area contributed by atoms with Crippen LogP contribution in [0.5, 0.6) is 0 Å². The molecule has 1 N–H and O–H groups in total. The first-order valence-electron chi connectivity index (χ1n) is 7.80. The summed E-state index contributed by atoms with van der Waals surface area (Å²) in [6, 6.07) is 8.65. The van der Waals surface area contributed by atoms with Gasteiger partial charge < -0.3 is 5.32 Å². The van der Waals surface area contributed by atoms with Crippen LogP contribution < -0.4 is 5.32 Å². The molecule has 0 radical (unpaired) electrons. The Morgan fingerprint density at radius 1 is 1.11 bits per heavy atom. The topological polar surface area (TPSA) is 29.1 Å². The van der Waals surface area contributed by atoms with Crippen molar-refractivity contribution in [2.45, 2.75) is 25.6 Å². The van der Waals surface area contributed by atoms with Gasteiger partial charge in [-0.2, -0.15) is 13.2 Å². The predicted octanol–water partition coefficient (Wildman–Crippen LogP) is 6.64. The summed E-state index contributed by atoms with van der Waals surface area (Å²) in [5, 5.41) is 3.22. The number of carbonyl (C=O) groups is 1. The molecular formula is C19H15Cl3F3NO. The van der Waals surface area contributed by atoms with Crippen LogP contribution in [0.3, 0.4) is 0 Å². The summed E-state index contributed by atoms with van der Waals surface area (Å²) in [7, 11) is 0. The lowest BCUT2D eigenvalue weighted by Gasteiger charge is -2.18. The summed E-state index contributed by atoms with van der Waals surface area (Å²) < 4.78 is 40.5. The molecule has 8 heteroatoms. The number of carbonyl (C=O) groups excluding carboxylic acids is 1. The molecule has 0 aliphatic rings. The Balaban J connectivity index is 2.28. The van der Waals surface area contributed by atoms with E-state index in [4.69, 9.17) is 34.8 Å². The molecule has 0 bridgehead atoms. The van der Waals surface area contributed by atoms with E-state index in [-0.39, 0.29) is 28.1 Å². The molecule has 0 heterocycles. The zero-order chi connectivity index (χ0) is 20.2. The zero-order valence-corrected chi connectivity index (χ0v) is 16.3. The van der Waals surface area contributed by atoms with E-state index < -0.39 is 12.1 Å². The summed E-state index contributed by atoms with van der Waals surface area (Å²) in [6.07, 6.45) is -2.15.